The lowest BCUT2D eigenvalue weighted by Crippen LogP contribution is -2.37. The molecule has 5 nitrogen and oxygen atoms in total. The molecule has 1 aliphatic heterocycles. The average molecular weight is 399 g/mol. The fraction of sp³-hybridized carbons (Fsp3) is 0.280. The molecule has 0 spiro atoms. The summed E-state index contributed by atoms with van der Waals surface area (Å²) in [6.07, 6.45) is 6.08. The number of piperidine rings is 1. The molecule has 1 fully saturated rings. The molecule has 4 rings (SSSR count). The predicted molar refractivity (Wildman–Crippen MR) is 118 cm³/mol. The molecule has 0 radical (unpaired) electrons. The van der Waals surface area contributed by atoms with Crippen LogP contribution in [0.5, 0.6) is 0 Å². The second kappa shape index (κ2) is 9.32. The van der Waals surface area contributed by atoms with Crippen LogP contribution in [0.15, 0.2) is 60.3 Å². The first-order valence-electron chi connectivity index (χ1n) is 10.3. The molecule has 152 valence electrons. The molecule has 1 N–H and O–H groups in total. The van der Waals surface area contributed by atoms with Gasteiger partial charge in [0.1, 0.15) is 5.69 Å². The summed E-state index contributed by atoms with van der Waals surface area (Å²) in [7, 11) is 0. The zero-order chi connectivity index (χ0) is 20.8. The highest BCUT2D eigenvalue weighted by molar-refractivity contribution is 5.83. The fourth-order valence-corrected chi connectivity index (χ4v) is 3.62. The van der Waals surface area contributed by atoms with Gasteiger partial charge in [0.2, 0.25) is 0 Å². The van der Waals surface area contributed by atoms with Crippen LogP contribution < -0.4 is 0 Å². The molecule has 3 aromatic rings. The van der Waals surface area contributed by atoms with E-state index in [0.717, 1.165) is 29.7 Å². The second-order valence-electron chi connectivity index (χ2n) is 7.45. The highest BCUT2D eigenvalue weighted by atomic mass is 16.6. The number of ether oxygens (including phenoxy) is 1. The van der Waals surface area contributed by atoms with Gasteiger partial charge < -0.3 is 14.6 Å². The third-order valence-electron chi connectivity index (χ3n) is 5.30. The van der Waals surface area contributed by atoms with Crippen molar-refractivity contribution in [2.75, 3.05) is 19.7 Å². The minimum absolute atomic E-state index is 0.232. The van der Waals surface area contributed by atoms with Crippen molar-refractivity contribution in [1.29, 1.82) is 0 Å². The van der Waals surface area contributed by atoms with E-state index in [4.69, 9.17) is 4.74 Å². The van der Waals surface area contributed by atoms with Crippen LogP contribution in [-0.4, -0.2) is 40.7 Å². The van der Waals surface area contributed by atoms with Crippen LogP contribution in [0.3, 0.4) is 0 Å². The number of rotatable bonds is 3. The number of fused-ring (bicyclic) bond motifs is 1. The van der Waals surface area contributed by atoms with E-state index in [2.05, 4.69) is 27.9 Å². The summed E-state index contributed by atoms with van der Waals surface area (Å²) in [6.45, 7) is 3.68. The number of allylic oxidation sites excluding steroid dienone is 1. The van der Waals surface area contributed by atoms with Crippen LogP contribution in [0.2, 0.25) is 0 Å². The van der Waals surface area contributed by atoms with Crippen molar-refractivity contribution in [2.45, 2.75) is 26.2 Å². The van der Waals surface area contributed by atoms with Crippen molar-refractivity contribution in [3.05, 3.63) is 77.3 Å². The van der Waals surface area contributed by atoms with Crippen molar-refractivity contribution >= 4 is 17.0 Å². The molecule has 0 aliphatic carbocycles. The molecule has 1 aliphatic rings. The summed E-state index contributed by atoms with van der Waals surface area (Å²) in [6, 6.07) is 14.0. The maximum absolute atomic E-state index is 12.4. The lowest BCUT2D eigenvalue weighted by atomic mass is 10.0. The maximum atomic E-state index is 12.4. The zero-order valence-electron chi connectivity index (χ0n) is 17.1. The number of para-hydroxylation sites is 1. The fourth-order valence-electron chi connectivity index (χ4n) is 3.62. The number of nitrogens with one attached hydrogen (secondary N) is 1. The Morgan fingerprint density at radius 2 is 2.03 bits per heavy atom. The van der Waals surface area contributed by atoms with Crippen molar-refractivity contribution in [1.82, 2.24) is 14.9 Å². The Kier molecular flexibility index (Phi) is 6.14. The smallest absolute Gasteiger partial charge is 0.409 e. The van der Waals surface area contributed by atoms with Gasteiger partial charge >= 0.3 is 6.09 Å². The number of nitrogens with zero attached hydrogens (tertiary/aromatic N) is 2. The van der Waals surface area contributed by atoms with E-state index < -0.39 is 0 Å². The molecule has 1 saturated heterocycles. The van der Waals surface area contributed by atoms with E-state index in [1.165, 1.54) is 16.5 Å². The number of carbonyl (C=O) groups is 1. The second-order valence-corrected chi connectivity index (χ2v) is 7.45. The van der Waals surface area contributed by atoms with Gasteiger partial charge in [-0.25, -0.2) is 9.78 Å². The molecular formula is C25H25N3O2. The predicted octanol–water partition coefficient (Wildman–Crippen LogP) is 4.62. The van der Waals surface area contributed by atoms with Crippen LogP contribution in [0.4, 0.5) is 4.79 Å². The average Bonchev–Trinajstić information content (AvgIpc) is 3.17. The number of benzene rings is 1. The lowest BCUT2D eigenvalue weighted by Gasteiger charge is -2.27. The van der Waals surface area contributed by atoms with Gasteiger partial charge in [0.05, 0.1) is 6.61 Å². The molecule has 0 atom stereocenters. The van der Waals surface area contributed by atoms with Crippen LogP contribution >= 0.6 is 0 Å². The number of carbonyl (C=O) groups excluding carboxylic acids is 1. The number of hydrogen-bond acceptors (Lipinski definition) is 3. The Morgan fingerprint density at radius 1 is 1.20 bits per heavy atom. The van der Waals surface area contributed by atoms with Gasteiger partial charge in [0.25, 0.3) is 0 Å². The number of pyridine rings is 1. The van der Waals surface area contributed by atoms with Gasteiger partial charge in [0.15, 0.2) is 0 Å². The van der Waals surface area contributed by atoms with Gasteiger partial charge in [-0.3, -0.25) is 0 Å². The molecule has 3 heterocycles. The largest absolute Gasteiger partial charge is 0.449 e. The molecule has 0 saturated carbocycles. The third kappa shape index (κ3) is 4.90. The molecule has 0 unspecified atom stereocenters. The number of aromatic amines is 1. The van der Waals surface area contributed by atoms with E-state index in [0.29, 0.717) is 26.1 Å². The minimum Gasteiger partial charge on any atom is -0.449 e. The minimum atomic E-state index is -0.232. The normalized spacial score (nSPS) is 13.6. The first kappa shape index (κ1) is 19.8. The number of aromatic nitrogens is 2. The maximum Gasteiger partial charge on any atom is 0.409 e. The van der Waals surface area contributed by atoms with Crippen molar-refractivity contribution in [3.8, 4) is 11.8 Å². The first-order valence-corrected chi connectivity index (χ1v) is 10.3. The summed E-state index contributed by atoms with van der Waals surface area (Å²) in [5, 5.41) is 1.18. The number of aryl methyl sites for hydroxylation is 1. The number of likely N-dealkylation sites (tertiary alicyclic amines) is 1. The highest BCUT2D eigenvalue weighted by Crippen LogP contribution is 2.19. The number of H-pyrrole nitrogens is 1. The van der Waals surface area contributed by atoms with Crippen LogP contribution in [0, 0.1) is 18.8 Å². The molecule has 0 bridgehead atoms. The zero-order valence-corrected chi connectivity index (χ0v) is 17.1. The summed E-state index contributed by atoms with van der Waals surface area (Å²) in [5.41, 5.74) is 5.28. The Labute approximate surface area is 176 Å². The van der Waals surface area contributed by atoms with E-state index in [-0.39, 0.29) is 6.09 Å². The quantitative estimate of drug-likeness (QED) is 0.654. The third-order valence-corrected chi connectivity index (χ3v) is 5.30. The topological polar surface area (TPSA) is 58.2 Å². The van der Waals surface area contributed by atoms with E-state index in [1.54, 1.807) is 4.90 Å². The van der Waals surface area contributed by atoms with Gasteiger partial charge in [-0.1, -0.05) is 35.8 Å². The first-order chi connectivity index (χ1) is 14.7. The van der Waals surface area contributed by atoms with Gasteiger partial charge in [-0.15, -0.1) is 0 Å². The standard InChI is InChI=1S/C25H25N3O2/c1-19-6-4-8-22(27-19)9-5-7-20-12-15-28(16-13-20)25(29)30-17-14-21-18-26-24-11-3-2-10-23(21)24/h2-4,6-8,10-11,18,26H,12-17H2,1H3. The molecule has 1 aromatic carbocycles. The van der Waals surface area contributed by atoms with Crippen molar-refractivity contribution < 1.29 is 9.53 Å². The number of amides is 1. The molecule has 2 aromatic heterocycles. The lowest BCUT2D eigenvalue weighted by molar-refractivity contribution is 0.101. The van der Waals surface area contributed by atoms with Crippen LogP contribution in [-0.2, 0) is 11.2 Å². The Morgan fingerprint density at radius 3 is 2.87 bits per heavy atom. The molecular weight excluding hydrogens is 374 g/mol. The van der Waals surface area contributed by atoms with Gasteiger partial charge in [-0.05, 0) is 55.5 Å². The molecule has 30 heavy (non-hydrogen) atoms. The van der Waals surface area contributed by atoms with Crippen LogP contribution in [0.1, 0.15) is 29.8 Å². The van der Waals surface area contributed by atoms with E-state index in [1.807, 2.05) is 55.6 Å². The van der Waals surface area contributed by atoms with Crippen LogP contribution in [0.25, 0.3) is 10.9 Å². The van der Waals surface area contributed by atoms with E-state index in [9.17, 15) is 4.79 Å². The Hall–Kier alpha value is -3.52. The monoisotopic (exact) mass is 399 g/mol. The van der Waals surface area contributed by atoms with Crippen molar-refractivity contribution in [3.63, 3.8) is 0 Å². The summed E-state index contributed by atoms with van der Waals surface area (Å²) in [4.78, 5) is 21.8. The molecule has 1 amide bonds. The number of hydrogen-bond donors (Lipinski definition) is 1. The summed E-state index contributed by atoms with van der Waals surface area (Å²) >= 11 is 0. The van der Waals surface area contributed by atoms with Gasteiger partial charge in [-0.2, -0.15) is 0 Å². The summed E-state index contributed by atoms with van der Waals surface area (Å²) < 4.78 is 5.51. The highest BCUT2D eigenvalue weighted by Gasteiger charge is 2.20. The van der Waals surface area contributed by atoms with Gasteiger partial charge in [0, 0.05) is 42.3 Å². The SMILES string of the molecule is Cc1cccc(C#CC=C2CCN(C(=O)OCCc3c[nH]c4ccccc34)CC2)n1. The summed E-state index contributed by atoms with van der Waals surface area (Å²) in [5.74, 6) is 6.17. The Bertz CT molecular complexity index is 1120. The molecule has 5 heteroatoms. The Balaban J connectivity index is 1.23. The van der Waals surface area contributed by atoms with E-state index >= 15 is 0 Å². The van der Waals surface area contributed by atoms with Crippen molar-refractivity contribution in [2.24, 2.45) is 0 Å².